The monoisotopic (exact) mass is 241 g/mol. The first-order valence-electron chi connectivity index (χ1n) is 5.31. The Morgan fingerprint density at radius 1 is 1.44 bits per heavy atom. The van der Waals surface area contributed by atoms with Crippen molar-refractivity contribution in [1.29, 1.82) is 0 Å². The second-order valence-corrected chi connectivity index (χ2v) is 5.92. The summed E-state index contributed by atoms with van der Waals surface area (Å²) in [4.78, 5) is 0. The van der Waals surface area contributed by atoms with Crippen LogP contribution < -0.4 is 10.5 Å². The van der Waals surface area contributed by atoms with Crippen LogP contribution in [0.5, 0.6) is 5.75 Å². The molecule has 0 aliphatic heterocycles. The van der Waals surface area contributed by atoms with E-state index in [4.69, 9.17) is 10.5 Å². The van der Waals surface area contributed by atoms with Gasteiger partial charge < -0.3 is 10.5 Å². The molecule has 0 saturated carbocycles. The lowest BCUT2D eigenvalue weighted by atomic mass is 10.1. The molecule has 0 saturated heterocycles. The number of rotatable bonds is 5. The molecule has 0 fully saturated rings. The zero-order valence-corrected chi connectivity index (χ0v) is 10.8. The molecule has 90 valence electrons. The van der Waals surface area contributed by atoms with Gasteiger partial charge in [0.2, 0.25) is 0 Å². The molecule has 4 heteroatoms. The SMILES string of the molecule is COc1ccc(CN)cc1CS(=O)C(C)C. The standard InChI is InChI=1S/C12H19NO2S/c1-9(2)16(14)8-11-6-10(7-13)4-5-12(11)15-3/h4-6,9H,7-8,13H2,1-3H3. The molecule has 0 heterocycles. The Morgan fingerprint density at radius 2 is 2.12 bits per heavy atom. The van der Waals surface area contributed by atoms with Crippen molar-refractivity contribution in [3.8, 4) is 5.75 Å². The van der Waals surface area contributed by atoms with Crippen LogP contribution in [0.1, 0.15) is 25.0 Å². The number of nitrogens with two attached hydrogens (primary N) is 1. The van der Waals surface area contributed by atoms with E-state index in [1.807, 2.05) is 32.0 Å². The Morgan fingerprint density at radius 3 is 2.62 bits per heavy atom. The van der Waals surface area contributed by atoms with Crippen LogP contribution in [0.4, 0.5) is 0 Å². The van der Waals surface area contributed by atoms with Crippen molar-refractivity contribution in [3.05, 3.63) is 29.3 Å². The van der Waals surface area contributed by atoms with Gasteiger partial charge in [-0.05, 0) is 17.7 Å². The van der Waals surface area contributed by atoms with Crippen molar-refractivity contribution in [2.24, 2.45) is 5.73 Å². The van der Waals surface area contributed by atoms with Gasteiger partial charge in [-0.2, -0.15) is 0 Å². The topological polar surface area (TPSA) is 52.3 Å². The quantitative estimate of drug-likeness (QED) is 0.855. The van der Waals surface area contributed by atoms with Gasteiger partial charge in [0.05, 0.1) is 12.9 Å². The molecule has 1 unspecified atom stereocenters. The molecule has 0 aromatic heterocycles. The summed E-state index contributed by atoms with van der Waals surface area (Å²) in [6.07, 6.45) is 0. The maximum Gasteiger partial charge on any atom is 0.123 e. The summed E-state index contributed by atoms with van der Waals surface area (Å²) in [6, 6.07) is 5.79. The molecule has 1 rings (SSSR count). The smallest absolute Gasteiger partial charge is 0.123 e. The molecule has 0 bridgehead atoms. The third kappa shape index (κ3) is 3.32. The lowest BCUT2D eigenvalue weighted by Crippen LogP contribution is -2.09. The Hall–Kier alpha value is -0.870. The normalized spacial score (nSPS) is 12.8. The zero-order valence-electron chi connectivity index (χ0n) is 10.0. The predicted octanol–water partition coefficient (Wildman–Crippen LogP) is 1.81. The van der Waals surface area contributed by atoms with E-state index in [0.29, 0.717) is 12.3 Å². The number of methoxy groups -OCH3 is 1. The molecule has 1 aromatic carbocycles. The van der Waals surface area contributed by atoms with E-state index in [1.54, 1.807) is 7.11 Å². The van der Waals surface area contributed by atoms with Crippen LogP contribution in [0.3, 0.4) is 0 Å². The molecular formula is C12H19NO2S. The van der Waals surface area contributed by atoms with Gasteiger partial charge in [0.15, 0.2) is 0 Å². The highest BCUT2D eigenvalue weighted by Crippen LogP contribution is 2.22. The van der Waals surface area contributed by atoms with Crippen LogP contribution in [-0.4, -0.2) is 16.6 Å². The summed E-state index contributed by atoms with van der Waals surface area (Å²) < 4.78 is 17.1. The highest BCUT2D eigenvalue weighted by molar-refractivity contribution is 7.84. The average molecular weight is 241 g/mol. The van der Waals surface area contributed by atoms with E-state index in [-0.39, 0.29) is 5.25 Å². The molecule has 2 N–H and O–H groups in total. The van der Waals surface area contributed by atoms with Gasteiger partial charge in [-0.1, -0.05) is 19.9 Å². The van der Waals surface area contributed by atoms with Crippen LogP contribution >= 0.6 is 0 Å². The Labute approximate surface area is 99.4 Å². The lowest BCUT2D eigenvalue weighted by molar-refractivity contribution is 0.411. The Balaban J connectivity index is 2.95. The van der Waals surface area contributed by atoms with Gasteiger partial charge >= 0.3 is 0 Å². The van der Waals surface area contributed by atoms with E-state index in [2.05, 4.69) is 0 Å². The minimum absolute atomic E-state index is 0.159. The van der Waals surface area contributed by atoms with Crippen molar-refractivity contribution >= 4 is 10.8 Å². The predicted molar refractivity (Wildman–Crippen MR) is 67.9 cm³/mol. The minimum atomic E-state index is -0.866. The van der Waals surface area contributed by atoms with E-state index >= 15 is 0 Å². The molecule has 1 atom stereocenters. The van der Waals surface area contributed by atoms with E-state index in [0.717, 1.165) is 16.9 Å². The van der Waals surface area contributed by atoms with E-state index in [9.17, 15) is 4.21 Å². The first-order valence-corrected chi connectivity index (χ1v) is 6.69. The van der Waals surface area contributed by atoms with Crippen molar-refractivity contribution in [2.45, 2.75) is 31.4 Å². The maximum atomic E-state index is 11.8. The minimum Gasteiger partial charge on any atom is -0.496 e. The van der Waals surface area contributed by atoms with Gasteiger partial charge in [-0.3, -0.25) is 4.21 Å². The first-order chi connectivity index (χ1) is 7.58. The molecule has 0 radical (unpaired) electrons. The largest absolute Gasteiger partial charge is 0.496 e. The molecular weight excluding hydrogens is 222 g/mol. The van der Waals surface area contributed by atoms with Crippen molar-refractivity contribution in [1.82, 2.24) is 0 Å². The molecule has 0 aliphatic rings. The summed E-state index contributed by atoms with van der Waals surface area (Å²) in [5.74, 6) is 1.31. The van der Waals surface area contributed by atoms with Crippen LogP contribution in [-0.2, 0) is 23.1 Å². The van der Waals surface area contributed by atoms with Gasteiger partial charge in [0, 0.05) is 28.2 Å². The van der Waals surface area contributed by atoms with Gasteiger partial charge in [-0.15, -0.1) is 0 Å². The van der Waals surface area contributed by atoms with E-state index < -0.39 is 10.8 Å². The van der Waals surface area contributed by atoms with Gasteiger partial charge in [0.1, 0.15) is 5.75 Å². The van der Waals surface area contributed by atoms with E-state index in [1.165, 1.54) is 0 Å². The van der Waals surface area contributed by atoms with Crippen LogP contribution in [0, 0.1) is 0 Å². The Bertz CT molecular complexity index is 377. The van der Waals surface area contributed by atoms with Gasteiger partial charge in [0.25, 0.3) is 0 Å². The first kappa shape index (κ1) is 13.2. The number of benzene rings is 1. The third-order valence-electron chi connectivity index (χ3n) is 2.40. The molecule has 3 nitrogen and oxygen atoms in total. The van der Waals surface area contributed by atoms with Crippen molar-refractivity contribution in [2.75, 3.05) is 7.11 Å². The molecule has 0 aliphatic carbocycles. The van der Waals surface area contributed by atoms with Crippen LogP contribution in [0.15, 0.2) is 18.2 Å². The average Bonchev–Trinajstić information content (AvgIpc) is 2.28. The van der Waals surface area contributed by atoms with Crippen LogP contribution in [0.2, 0.25) is 0 Å². The second kappa shape index (κ2) is 6.01. The fraction of sp³-hybridized carbons (Fsp3) is 0.500. The number of hydrogen-bond donors (Lipinski definition) is 1. The highest BCUT2D eigenvalue weighted by atomic mass is 32.2. The number of ether oxygens (including phenoxy) is 1. The maximum absolute atomic E-state index is 11.8. The summed E-state index contributed by atoms with van der Waals surface area (Å²) in [6.45, 7) is 4.40. The Kier molecular flexibility index (Phi) is 4.96. The fourth-order valence-electron chi connectivity index (χ4n) is 1.39. The molecule has 1 aromatic rings. The second-order valence-electron chi connectivity index (χ2n) is 3.92. The molecule has 0 amide bonds. The molecule has 0 spiro atoms. The fourth-order valence-corrected chi connectivity index (χ4v) is 2.26. The summed E-state index contributed by atoms with van der Waals surface area (Å²) in [7, 11) is 0.759. The highest BCUT2D eigenvalue weighted by Gasteiger charge is 2.11. The summed E-state index contributed by atoms with van der Waals surface area (Å²) in [5.41, 5.74) is 7.59. The summed E-state index contributed by atoms with van der Waals surface area (Å²) >= 11 is 0. The zero-order chi connectivity index (χ0) is 12.1. The lowest BCUT2D eigenvalue weighted by Gasteiger charge is -2.11. The van der Waals surface area contributed by atoms with Crippen molar-refractivity contribution in [3.63, 3.8) is 0 Å². The third-order valence-corrected chi connectivity index (χ3v) is 4.05. The number of hydrogen-bond acceptors (Lipinski definition) is 3. The van der Waals surface area contributed by atoms with Gasteiger partial charge in [-0.25, -0.2) is 0 Å². The molecule has 16 heavy (non-hydrogen) atoms. The van der Waals surface area contributed by atoms with Crippen LogP contribution in [0.25, 0.3) is 0 Å². The van der Waals surface area contributed by atoms with Crippen molar-refractivity contribution < 1.29 is 8.95 Å². The summed E-state index contributed by atoms with van der Waals surface area (Å²) in [5, 5.41) is 0.159.